The fraction of sp³-hybridized carbons (Fsp3) is 0.125. The molecule has 1 nitrogen and oxygen atoms in total. The minimum Gasteiger partial charge on any atom is -0.387 e. The minimum absolute atomic E-state index is 0.441. The molecule has 0 bridgehead atoms. The molecule has 90 valence electrons. The van der Waals surface area contributed by atoms with Gasteiger partial charge in [-0.3, -0.25) is 0 Å². The van der Waals surface area contributed by atoms with Crippen molar-refractivity contribution in [3.8, 4) is 11.8 Å². The van der Waals surface area contributed by atoms with Crippen molar-refractivity contribution in [2.45, 2.75) is 12.5 Å². The highest BCUT2D eigenvalue weighted by Crippen LogP contribution is 2.18. The van der Waals surface area contributed by atoms with Gasteiger partial charge in [-0.2, -0.15) is 0 Å². The van der Waals surface area contributed by atoms with Crippen molar-refractivity contribution in [1.29, 1.82) is 0 Å². The maximum absolute atomic E-state index is 9.97. The molecule has 0 unspecified atom stereocenters. The Morgan fingerprint density at radius 3 is 2.33 bits per heavy atom. The highest BCUT2D eigenvalue weighted by molar-refractivity contribution is 9.10. The van der Waals surface area contributed by atoms with Crippen LogP contribution in [0.25, 0.3) is 0 Å². The summed E-state index contributed by atoms with van der Waals surface area (Å²) in [5.74, 6) is 6.04. The molecule has 0 saturated carbocycles. The van der Waals surface area contributed by atoms with E-state index in [9.17, 15) is 5.11 Å². The molecule has 0 amide bonds. The Labute approximate surface area is 116 Å². The average molecular weight is 301 g/mol. The highest BCUT2D eigenvalue weighted by atomic mass is 79.9. The van der Waals surface area contributed by atoms with Gasteiger partial charge in [0.15, 0.2) is 0 Å². The van der Waals surface area contributed by atoms with Crippen LogP contribution >= 0.6 is 15.9 Å². The van der Waals surface area contributed by atoms with Crippen LogP contribution in [0.3, 0.4) is 0 Å². The number of aliphatic hydroxyl groups is 1. The topological polar surface area (TPSA) is 20.2 Å². The third-order valence-electron chi connectivity index (χ3n) is 2.56. The third-order valence-corrected chi connectivity index (χ3v) is 3.09. The van der Waals surface area contributed by atoms with Crippen LogP contribution in [0.5, 0.6) is 0 Å². The Kier molecular flexibility index (Phi) is 4.58. The smallest absolute Gasteiger partial charge is 0.0899 e. The third kappa shape index (κ3) is 3.73. The number of hydrogen-bond donors (Lipinski definition) is 1. The van der Waals surface area contributed by atoms with E-state index in [1.54, 1.807) is 0 Å². The summed E-state index contributed by atoms with van der Waals surface area (Å²) in [6.45, 7) is 0. The zero-order valence-corrected chi connectivity index (χ0v) is 11.4. The molecule has 1 N–H and O–H groups in total. The van der Waals surface area contributed by atoms with E-state index in [-0.39, 0.29) is 0 Å². The van der Waals surface area contributed by atoms with E-state index in [4.69, 9.17) is 0 Å². The zero-order chi connectivity index (χ0) is 12.8. The SMILES string of the molecule is O[C@H](CC#Cc1ccccc1)c1ccc(Br)cc1. The summed E-state index contributed by atoms with van der Waals surface area (Å²) in [4.78, 5) is 0. The largest absolute Gasteiger partial charge is 0.387 e. The molecule has 2 aromatic rings. The van der Waals surface area contributed by atoms with Gasteiger partial charge in [-0.05, 0) is 29.8 Å². The molecular formula is C16H13BrO. The first-order valence-electron chi connectivity index (χ1n) is 5.73. The first-order valence-corrected chi connectivity index (χ1v) is 6.52. The second-order valence-corrected chi connectivity index (χ2v) is 4.85. The summed E-state index contributed by atoms with van der Waals surface area (Å²) in [6, 6.07) is 17.4. The normalized spacial score (nSPS) is 11.4. The van der Waals surface area contributed by atoms with E-state index in [2.05, 4.69) is 27.8 Å². The Morgan fingerprint density at radius 2 is 1.67 bits per heavy atom. The van der Waals surface area contributed by atoms with Gasteiger partial charge in [-0.25, -0.2) is 0 Å². The van der Waals surface area contributed by atoms with Crippen LogP contribution in [0.4, 0.5) is 0 Å². The first-order chi connectivity index (χ1) is 8.75. The molecule has 0 saturated heterocycles. The van der Waals surface area contributed by atoms with Gasteiger partial charge in [-0.1, -0.05) is 58.1 Å². The van der Waals surface area contributed by atoms with Crippen LogP contribution in [0.2, 0.25) is 0 Å². The molecule has 0 fully saturated rings. The van der Waals surface area contributed by atoms with Crippen LogP contribution in [0.15, 0.2) is 59.1 Å². The molecule has 0 aliphatic heterocycles. The summed E-state index contributed by atoms with van der Waals surface area (Å²) in [5.41, 5.74) is 1.86. The van der Waals surface area contributed by atoms with Crippen LogP contribution in [0.1, 0.15) is 23.7 Å². The maximum Gasteiger partial charge on any atom is 0.0899 e. The number of benzene rings is 2. The molecule has 2 heteroatoms. The number of aliphatic hydroxyl groups excluding tert-OH is 1. The predicted octanol–water partition coefficient (Wildman–Crippen LogP) is 3.92. The summed E-state index contributed by atoms with van der Waals surface area (Å²) >= 11 is 3.37. The van der Waals surface area contributed by atoms with E-state index < -0.39 is 6.10 Å². The van der Waals surface area contributed by atoms with Gasteiger partial charge >= 0.3 is 0 Å². The lowest BCUT2D eigenvalue weighted by Gasteiger charge is -2.06. The van der Waals surface area contributed by atoms with Crippen LogP contribution in [-0.2, 0) is 0 Å². The minimum atomic E-state index is -0.533. The van der Waals surface area contributed by atoms with Crippen molar-refractivity contribution in [2.75, 3.05) is 0 Å². The Hall–Kier alpha value is -1.56. The second-order valence-electron chi connectivity index (χ2n) is 3.94. The van der Waals surface area contributed by atoms with Crippen molar-refractivity contribution in [3.63, 3.8) is 0 Å². The van der Waals surface area contributed by atoms with Crippen molar-refractivity contribution >= 4 is 15.9 Å². The molecule has 0 aliphatic carbocycles. The standard InChI is InChI=1S/C16H13BrO/c17-15-11-9-14(10-12-15)16(18)8-4-7-13-5-2-1-3-6-13/h1-3,5-6,9-12,16,18H,8H2/t16-/m1/s1. The molecule has 0 aromatic heterocycles. The van der Waals surface area contributed by atoms with Gasteiger partial charge in [0.2, 0.25) is 0 Å². The second kappa shape index (κ2) is 6.39. The Bertz CT molecular complexity index is 549. The van der Waals surface area contributed by atoms with Crippen LogP contribution in [-0.4, -0.2) is 5.11 Å². The van der Waals surface area contributed by atoms with Gasteiger partial charge in [0.1, 0.15) is 0 Å². The van der Waals surface area contributed by atoms with Gasteiger partial charge < -0.3 is 5.11 Å². The van der Waals surface area contributed by atoms with Gasteiger partial charge in [0, 0.05) is 16.5 Å². The zero-order valence-electron chi connectivity index (χ0n) is 9.81. The highest BCUT2D eigenvalue weighted by Gasteiger charge is 2.04. The van der Waals surface area contributed by atoms with Crippen molar-refractivity contribution in [3.05, 3.63) is 70.2 Å². The number of hydrogen-bond acceptors (Lipinski definition) is 1. The molecule has 2 rings (SSSR count). The maximum atomic E-state index is 9.97. The quantitative estimate of drug-likeness (QED) is 0.833. The molecular weight excluding hydrogens is 288 g/mol. The van der Waals surface area contributed by atoms with E-state index in [1.165, 1.54) is 0 Å². The van der Waals surface area contributed by atoms with Crippen LogP contribution < -0.4 is 0 Å². The molecule has 0 radical (unpaired) electrons. The lowest BCUT2D eigenvalue weighted by molar-refractivity contribution is 0.184. The van der Waals surface area contributed by atoms with Crippen molar-refractivity contribution in [2.24, 2.45) is 0 Å². The summed E-state index contributed by atoms with van der Waals surface area (Å²) in [6.07, 6.45) is -0.0920. The first kappa shape index (κ1) is 12.9. The Morgan fingerprint density at radius 1 is 1.00 bits per heavy atom. The Balaban J connectivity index is 1.98. The fourth-order valence-electron chi connectivity index (χ4n) is 1.57. The number of halogens is 1. The molecule has 1 atom stereocenters. The van der Waals surface area contributed by atoms with Crippen molar-refractivity contribution in [1.82, 2.24) is 0 Å². The lowest BCUT2D eigenvalue weighted by atomic mass is 10.1. The average Bonchev–Trinajstić information content (AvgIpc) is 2.40. The monoisotopic (exact) mass is 300 g/mol. The summed E-state index contributed by atoms with van der Waals surface area (Å²) in [7, 11) is 0. The van der Waals surface area contributed by atoms with E-state index in [0.29, 0.717) is 6.42 Å². The summed E-state index contributed by atoms with van der Waals surface area (Å²) in [5, 5.41) is 9.97. The molecule has 0 spiro atoms. The molecule has 0 aliphatic rings. The molecule has 2 aromatic carbocycles. The van der Waals surface area contributed by atoms with E-state index >= 15 is 0 Å². The fourth-order valence-corrected chi connectivity index (χ4v) is 1.84. The van der Waals surface area contributed by atoms with Gasteiger partial charge in [0.05, 0.1) is 6.10 Å². The summed E-state index contributed by atoms with van der Waals surface area (Å²) < 4.78 is 1.01. The molecule has 0 heterocycles. The van der Waals surface area contributed by atoms with Crippen molar-refractivity contribution < 1.29 is 5.11 Å². The predicted molar refractivity (Wildman–Crippen MR) is 77.0 cm³/mol. The van der Waals surface area contributed by atoms with E-state index in [1.807, 2.05) is 54.6 Å². The van der Waals surface area contributed by atoms with Crippen LogP contribution in [0, 0.1) is 11.8 Å². The van der Waals surface area contributed by atoms with Gasteiger partial charge in [0.25, 0.3) is 0 Å². The van der Waals surface area contributed by atoms with E-state index in [0.717, 1.165) is 15.6 Å². The number of rotatable bonds is 2. The van der Waals surface area contributed by atoms with Gasteiger partial charge in [-0.15, -0.1) is 0 Å². The molecule has 18 heavy (non-hydrogen) atoms. The lowest BCUT2D eigenvalue weighted by Crippen LogP contribution is -1.95.